The Morgan fingerprint density at radius 3 is 2.05 bits per heavy atom. The molecule has 2 unspecified atom stereocenters. The minimum Gasteiger partial charge on any atom is -0.481 e. The predicted octanol–water partition coefficient (Wildman–Crippen LogP) is 10.1. The van der Waals surface area contributed by atoms with Gasteiger partial charge in [0.2, 0.25) is 0 Å². The van der Waals surface area contributed by atoms with Gasteiger partial charge in [-0.2, -0.15) is 0 Å². The summed E-state index contributed by atoms with van der Waals surface area (Å²) in [5.41, 5.74) is 4.79. The Morgan fingerprint density at radius 2 is 1.45 bits per heavy atom. The molecule has 0 aliphatic rings. The molecular formula is C47H47FNO5PSi. The van der Waals surface area contributed by atoms with Crippen LogP contribution in [-0.4, -0.2) is 43.2 Å². The Labute approximate surface area is 330 Å². The van der Waals surface area contributed by atoms with Gasteiger partial charge in [-0.05, 0) is 55.9 Å². The quantitative estimate of drug-likeness (QED) is 0.0713. The molecule has 1 N–H and O–H groups in total. The lowest BCUT2D eigenvalue weighted by Crippen LogP contribution is -2.68. The molecule has 0 saturated heterocycles. The summed E-state index contributed by atoms with van der Waals surface area (Å²) in [7, 11) is -5.93. The molecule has 2 atom stereocenters. The van der Waals surface area contributed by atoms with Crippen molar-refractivity contribution in [2.45, 2.75) is 58.1 Å². The van der Waals surface area contributed by atoms with Gasteiger partial charge in [0.1, 0.15) is 12.4 Å². The normalized spacial score (nSPS) is 12.9. The third-order valence-corrected chi connectivity index (χ3v) is 16.2. The summed E-state index contributed by atoms with van der Waals surface area (Å²) in [4.78, 5) is 17.3. The van der Waals surface area contributed by atoms with E-state index in [2.05, 4.69) is 70.7 Å². The Balaban J connectivity index is 1.31. The summed E-state index contributed by atoms with van der Waals surface area (Å²) in [6.07, 6.45) is -1.28. The molecule has 0 aliphatic carbocycles. The van der Waals surface area contributed by atoms with Crippen LogP contribution in [0.4, 0.5) is 4.39 Å². The number of hydrogen-bond donors (Lipinski definition) is 1. The number of benzene rings is 5. The summed E-state index contributed by atoms with van der Waals surface area (Å²) in [6, 6.07) is 42.5. The summed E-state index contributed by atoms with van der Waals surface area (Å²) in [5, 5.41) is 13.7. The minimum atomic E-state index is -3.13. The first-order valence-corrected chi connectivity index (χ1v) is 22.2. The molecule has 9 heteroatoms. The number of aliphatic carboxylic acids is 1. The number of fused-ring (bicyclic) bond motifs is 1. The van der Waals surface area contributed by atoms with Gasteiger partial charge in [0.05, 0.1) is 29.5 Å². The largest absolute Gasteiger partial charge is 0.481 e. The lowest BCUT2D eigenvalue weighted by molar-refractivity contribution is -0.138. The molecule has 56 heavy (non-hydrogen) atoms. The number of pyridine rings is 1. The van der Waals surface area contributed by atoms with Gasteiger partial charge in [-0.1, -0.05) is 162 Å². The van der Waals surface area contributed by atoms with Gasteiger partial charge < -0.3 is 14.1 Å². The van der Waals surface area contributed by atoms with Gasteiger partial charge in [-0.3, -0.25) is 14.3 Å². The summed E-state index contributed by atoms with van der Waals surface area (Å²) < 4.78 is 40.7. The van der Waals surface area contributed by atoms with E-state index in [4.69, 9.17) is 13.9 Å². The van der Waals surface area contributed by atoms with Gasteiger partial charge in [0, 0.05) is 17.3 Å². The van der Waals surface area contributed by atoms with Crippen molar-refractivity contribution >= 4 is 43.5 Å². The highest BCUT2D eigenvalue weighted by Crippen LogP contribution is 2.40. The topological polar surface area (TPSA) is 85.7 Å². The van der Waals surface area contributed by atoms with Crippen LogP contribution in [-0.2, 0) is 18.3 Å². The van der Waals surface area contributed by atoms with Crippen LogP contribution in [0.1, 0.15) is 58.2 Å². The van der Waals surface area contributed by atoms with Crippen molar-refractivity contribution < 1.29 is 27.8 Å². The molecule has 0 radical (unpaired) electrons. The highest BCUT2D eigenvalue weighted by molar-refractivity contribution is 7.39. The summed E-state index contributed by atoms with van der Waals surface area (Å²) >= 11 is 0. The number of hydrogen-bond acceptors (Lipinski definition) is 5. The van der Waals surface area contributed by atoms with Crippen molar-refractivity contribution in [3.05, 3.63) is 151 Å². The Morgan fingerprint density at radius 1 is 0.839 bits per heavy atom. The lowest BCUT2D eigenvalue weighted by Gasteiger charge is -2.45. The van der Waals surface area contributed by atoms with Crippen LogP contribution < -0.4 is 10.4 Å². The molecule has 0 aliphatic heterocycles. The fourth-order valence-corrected chi connectivity index (χ4v) is 13.1. The maximum absolute atomic E-state index is 14.1. The van der Waals surface area contributed by atoms with E-state index in [9.17, 15) is 18.9 Å². The molecule has 0 fully saturated rings. The van der Waals surface area contributed by atoms with E-state index in [1.165, 1.54) is 12.1 Å². The van der Waals surface area contributed by atoms with Gasteiger partial charge >= 0.3 is 5.97 Å². The number of carboxylic acids is 1. The van der Waals surface area contributed by atoms with E-state index in [0.717, 1.165) is 49.2 Å². The van der Waals surface area contributed by atoms with Gasteiger partial charge in [0.15, 0.2) is 8.03 Å². The van der Waals surface area contributed by atoms with E-state index < -0.39 is 33.5 Å². The van der Waals surface area contributed by atoms with E-state index in [0.29, 0.717) is 5.56 Å². The van der Waals surface area contributed by atoms with Crippen molar-refractivity contribution in [2.24, 2.45) is 0 Å². The molecule has 1 heterocycles. The van der Waals surface area contributed by atoms with Crippen molar-refractivity contribution in [1.29, 1.82) is 0 Å². The molecule has 6 rings (SSSR count). The van der Waals surface area contributed by atoms with Crippen LogP contribution in [0.15, 0.2) is 133 Å². The first-order valence-electron chi connectivity index (χ1n) is 18.8. The van der Waals surface area contributed by atoms with Crippen LogP contribution in [0, 0.1) is 17.7 Å². The zero-order chi connectivity index (χ0) is 39.9. The average Bonchev–Trinajstić information content (AvgIpc) is 3.18. The second-order valence-corrected chi connectivity index (χ2v) is 20.9. The fourth-order valence-electron chi connectivity index (χ4n) is 7.34. The highest BCUT2D eigenvalue weighted by Gasteiger charge is 2.51. The molecule has 6 nitrogen and oxygen atoms in total. The van der Waals surface area contributed by atoms with Crippen molar-refractivity contribution in [2.75, 3.05) is 12.8 Å². The summed E-state index contributed by atoms with van der Waals surface area (Å²) in [5.74, 6) is 4.93. The molecule has 1 aromatic heterocycles. The zero-order valence-corrected chi connectivity index (χ0v) is 34.4. The Hall–Kier alpha value is -5.16. The minimum absolute atomic E-state index is 0.0103. The molecule has 0 amide bonds. The molecule has 0 bridgehead atoms. The van der Waals surface area contributed by atoms with Gasteiger partial charge in [0.25, 0.3) is 8.32 Å². The maximum Gasteiger partial charge on any atom is 0.305 e. The smallest absolute Gasteiger partial charge is 0.305 e. The molecular weight excluding hydrogens is 737 g/mol. The first kappa shape index (κ1) is 40.5. The van der Waals surface area contributed by atoms with E-state index in [-0.39, 0.29) is 30.9 Å². The number of nitrogens with zero attached hydrogens (tertiary/aromatic N) is 1. The molecule has 5 aromatic carbocycles. The molecule has 6 aromatic rings. The summed E-state index contributed by atoms with van der Waals surface area (Å²) in [6.45, 7) is 10.3. The average molecular weight is 784 g/mol. The molecule has 0 spiro atoms. The van der Waals surface area contributed by atoms with Crippen LogP contribution in [0.2, 0.25) is 5.04 Å². The van der Waals surface area contributed by atoms with E-state index in [1.807, 2.05) is 84.9 Å². The Bertz CT molecular complexity index is 2340. The maximum atomic E-state index is 14.1. The van der Waals surface area contributed by atoms with Gasteiger partial charge in [-0.25, -0.2) is 4.39 Å². The second-order valence-electron chi connectivity index (χ2n) is 15.2. The van der Waals surface area contributed by atoms with Crippen LogP contribution in [0.25, 0.3) is 33.2 Å². The third-order valence-electron chi connectivity index (χ3n) is 9.89. The van der Waals surface area contributed by atoms with Crippen molar-refractivity contribution in [3.8, 4) is 34.2 Å². The number of aromatic nitrogens is 1. The number of halogens is 1. The zero-order valence-electron chi connectivity index (χ0n) is 32.4. The second kappa shape index (κ2) is 17.7. The highest BCUT2D eigenvalue weighted by atomic mass is 31.1. The SMILES string of the molecule is CC(C)c1nc(-c2cccc3ccccc23)cc(-c2ccc(F)cc2)c1C#CCO[PH](=O)CC(CC(=O)O)O[Si](c1ccccc1)(c1ccccc1)C(C)(C)C. The Kier molecular flexibility index (Phi) is 12.8. The number of rotatable bonds is 13. The molecule has 0 saturated carbocycles. The molecule has 286 valence electrons. The van der Waals surface area contributed by atoms with E-state index >= 15 is 0 Å². The third kappa shape index (κ3) is 9.10. The van der Waals surface area contributed by atoms with Crippen molar-refractivity contribution in [3.63, 3.8) is 0 Å². The van der Waals surface area contributed by atoms with Crippen LogP contribution >= 0.6 is 8.03 Å². The van der Waals surface area contributed by atoms with Crippen LogP contribution in [0.5, 0.6) is 0 Å². The standard InChI is InChI=1S/C47H47FNO5PSi/c1-33(2)46-42(43(35-25-27-36(48)28-26-35)31-44(49-46)41-23-14-17-34-16-12-13-22-40(34)41)24-15-29-53-55(52)32-37(30-45(50)51)54-56(47(3,4)5,38-18-8-6-9-19-38)39-20-10-7-11-21-39/h6-14,16-23,25-28,31,33,37,55H,29-30,32H2,1-5H3,(H,50,51). The lowest BCUT2D eigenvalue weighted by atomic mass is 9.92. The van der Waals surface area contributed by atoms with Gasteiger partial charge in [-0.15, -0.1) is 0 Å². The van der Waals surface area contributed by atoms with E-state index in [1.54, 1.807) is 12.1 Å². The number of carbonyl (C=O) groups is 1. The van der Waals surface area contributed by atoms with Crippen LogP contribution in [0.3, 0.4) is 0 Å². The van der Waals surface area contributed by atoms with Crippen molar-refractivity contribution in [1.82, 2.24) is 4.98 Å². The number of carboxylic acid groups (broad SMARTS) is 1. The monoisotopic (exact) mass is 783 g/mol. The fraction of sp³-hybridized carbons (Fsp3) is 0.234. The first-order chi connectivity index (χ1) is 26.9. The predicted molar refractivity (Wildman–Crippen MR) is 228 cm³/mol.